The van der Waals surface area contributed by atoms with E-state index in [0.717, 1.165) is 37.0 Å². The summed E-state index contributed by atoms with van der Waals surface area (Å²) < 4.78 is 15.9. The highest BCUT2D eigenvalue weighted by molar-refractivity contribution is 7.12. The van der Waals surface area contributed by atoms with Crippen molar-refractivity contribution in [2.75, 3.05) is 5.32 Å². The Bertz CT molecular complexity index is 1420. The van der Waals surface area contributed by atoms with Crippen molar-refractivity contribution in [3.05, 3.63) is 28.9 Å². The molecular weight excluding hydrogens is 495 g/mol. The normalized spacial score (nSPS) is 23.9. The molecule has 0 amide bonds. The molecule has 4 aromatic rings. The van der Waals surface area contributed by atoms with Gasteiger partial charge in [-0.3, -0.25) is 4.79 Å². The van der Waals surface area contributed by atoms with Gasteiger partial charge in [-0.1, -0.05) is 35.8 Å². The number of anilines is 1. The second kappa shape index (κ2) is 8.45. The van der Waals surface area contributed by atoms with Crippen LogP contribution >= 0.6 is 22.9 Å². The molecule has 0 saturated heterocycles. The highest BCUT2D eigenvalue weighted by Crippen LogP contribution is 2.49. The van der Waals surface area contributed by atoms with Crippen LogP contribution in [0.5, 0.6) is 0 Å². The fraction of sp³-hybridized carbons (Fsp3) is 0.409. The van der Waals surface area contributed by atoms with Gasteiger partial charge >= 0.3 is 5.97 Å². The van der Waals surface area contributed by atoms with Gasteiger partial charge in [-0.15, -0.1) is 10.2 Å². The Morgan fingerprint density at radius 1 is 1.26 bits per heavy atom. The van der Waals surface area contributed by atoms with E-state index in [0.29, 0.717) is 29.6 Å². The SMILES string of the molecule is O=C(O)[C@H]1C2CCCC1(Nc1nc(-c3c[nH]c4ncc(Cl)nc34)nc(-c3nncs3)c1F)CCC2. The Kier molecular flexibility index (Phi) is 5.37. The molecule has 13 heteroatoms. The number of H-pyrrole nitrogens is 1. The summed E-state index contributed by atoms with van der Waals surface area (Å²) in [5.74, 6) is -1.99. The molecule has 2 aliphatic rings. The monoisotopic (exact) mass is 514 g/mol. The van der Waals surface area contributed by atoms with Gasteiger partial charge in [-0.2, -0.15) is 0 Å². The molecule has 4 heterocycles. The summed E-state index contributed by atoms with van der Waals surface area (Å²) in [7, 11) is 0. The molecule has 0 aromatic carbocycles. The van der Waals surface area contributed by atoms with Crippen LogP contribution in [0.4, 0.5) is 10.2 Å². The molecule has 2 aliphatic carbocycles. The molecule has 1 atom stereocenters. The molecule has 0 spiro atoms. The van der Waals surface area contributed by atoms with Crippen LogP contribution in [0.15, 0.2) is 17.9 Å². The Labute approximate surface area is 207 Å². The molecule has 2 bridgehead atoms. The maximum Gasteiger partial charge on any atom is 0.309 e. The van der Waals surface area contributed by atoms with Crippen molar-refractivity contribution in [2.24, 2.45) is 11.8 Å². The first-order valence-electron chi connectivity index (χ1n) is 11.3. The minimum atomic E-state index is -0.859. The summed E-state index contributed by atoms with van der Waals surface area (Å²) in [6, 6.07) is 0. The third-order valence-corrected chi connectivity index (χ3v) is 7.98. The minimum Gasteiger partial charge on any atom is -0.481 e. The molecule has 0 radical (unpaired) electrons. The lowest BCUT2D eigenvalue weighted by Gasteiger charge is -2.50. The van der Waals surface area contributed by atoms with Crippen molar-refractivity contribution in [1.29, 1.82) is 0 Å². The van der Waals surface area contributed by atoms with Crippen molar-refractivity contribution in [3.8, 4) is 22.1 Å². The van der Waals surface area contributed by atoms with Crippen LogP contribution < -0.4 is 5.32 Å². The van der Waals surface area contributed by atoms with E-state index in [1.807, 2.05) is 0 Å². The van der Waals surface area contributed by atoms with Gasteiger partial charge in [0.1, 0.15) is 21.9 Å². The second-order valence-electron chi connectivity index (χ2n) is 9.04. The molecule has 4 aromatic heterocycles. The summed E-state index contributed by atoms with van der Waals surface area (Å²) >= 11 is 7.21. The molecule has 180 valence electrons. The van der Waals surface area contributed by atoms with Crippen LogP contribution in [-0.4, -0.2) is 51.7 Å². The number of fused-ring (bicyclic) bond motifs is 3. The summed E-state index contributed by atoms with van der Waals surface area (Å²) in [5, 5.41) is 21.7. The number of halogens is 2. The summed E-state index contributed by atoms with van der Waals surface area (Å²) in [5.41, 5.74) is 2.09. The molecule has 0 aliphatic heterocycles. The molecule has 3 N–H and O–H groups in total. The molecule has 0 unspecified atom stereocenters. The number of rotatable bonds is 5. The molecule has 6 rings (SSSR count). The van der Waals surface area contributed by atoms with Crippen LogP contribution in [0.2, 0.25) is 5.15 Å². The Balaban J connectivity index is 1.52. The first kappa shape index (κ1) is 22.2. The third kappa shape index (κ3) is 3.71. The molecule has 2 saturated carbocycles. The van der Waals surface area contributed by atoms with E-state index in [2.05, 4.69) is 40.4 Å². The molecule has 10 nitrogen and oxygen atoms in total. The summed E-state index contributed by atoms with van der Waals surface area (Å²) in [6.45, 7) is 0. The van der Waals surface area contributed by atoms with Gasteiger partial charge in [0, 0.05) is 6.20 Å². The zero-order chi connectivity index (χ0) is 24.2. The average Bonchev–Trinajstić information content (AvgIpc) is 3.50. The predicted molar refractivity (Wildman–Crippen MR) is 127 cm³/mol. The minimum absolute atomic E-state index is 0.0178. The number of nitrogens with one attached hydrogen (secondary N) is 2. The van der Waals surface area contributed by atoms with Crippen molar-refractivity contribution in [1.82, 2.24) is 35.1 Å². The largest absolute Gasteiger partial charge is 0.481 e. The number of carbonyl (C=O) groups is 1. The van der Waals surface area contributed by atoms with Gasteiger partial charge in [0.25, 0.3) is 0 Å². The van der Waals surface area contributed by atoms with Gasteiger partial charge < -0.3 is 15.4 Å². The van der Waals surface area contributed by atoms with Gasteiger partial charge in [-0.25, -0.2) is 24.3 Å². The van der Waals surface area contributed by atoms with Crippen molar-refractivity contribution in [3.63, 3.8) is 0 Å². The van der Waals surface area contributed by atoms with E-state index >= 15 is 4.39 Å². The average molecular weight is 515 g/mol. The zero-order valence-electron chi connectivity index (χ0n) is 18.3. The number of aromatic nitrogens is 7. The maximum atomic E-state index is 15.9. The smallest absolute Gasteiger partial charge is 0.309 e. The van der Waals surface area contributed by atoms with Gasteiger partial charge in [-0.05, 0) is 31.6 Å². The maximum absolute atomic E-state index is 15.9. The summed E-state index contributed by atoms with van der Waals surface area (Å²) in [4.78, 5) is 32.9. The van der Waals surface area contributed by atoms with Gasteiger partial charge in [0.05, 0.1) is 23.2 Å². The number of carboxylic acids is 1. The van der Waals surface area contributed by atoms with E-state index in [1.165, 1.54) is 11.7 Å². The van der Waals surface area contributed by atoms with Crippen LogP contribution in [0, 0.1) is 17.7 Å². The molecular formula is C22H20ClFN8O2S. The number of hydrogen-bond acceptors (Lipinski definition) is 9. The van der Waals surface area contributed by atoms with E-state index < -0.39 is 23.2 Å². The number of carboxylic acid groups (broad SMARTS) is 1. The van der Waals surface area contributed by atoms with Gasteiger partial charge in [0.15, 0.2) is 28.1 Å². The fourth-order valence-electron chi connectivity index (χ4n) is 5.71. The second-order valence-corrected chi connectivity index (χ2v) is 10.3. The Hall–Kier alpha value is -3.25. The molecule has 35 heavy (non-hydrogen) atoms. The van der Waals surface area contributed by atoms with Crippen LogP contribution in [0.25, 0.3) is 33.3 Å². The van der Waals surface area contributed by atoms with Gasteiger partial charge in [0.2, 0.25) is 0 Å². The first-order chi connectivity index (χ1) is 16.9. The number of nitrogens with zero attached hydrogens (tertiary/aromatic N) is 6. The topological polar surface area (TPSA) is 142 Å². The number of aromatic amines is 1. The van der Waals surface area contributed by atoms with Crippen molar-refractivity contribution >= 4 is 45.9 Å². The van der Waals surface area contributed by atoms with E-state index in [1.54, 1.807) is 6.20 Å². The quantitative estimate of drug-likeness (QED) is 0.349. The summed E-state index contributed by atoms with van der Waals surface area (Å²) in [6.07, 6.45) is 7.79. The number of hydrogen-bond donors (Lipinski definition) is 3. The Morgan fingerprint density at radius 3 is 2.77 bits per heavy atom. The highest BCUT2D eigenvalue weighted by Gasteiger charge is 2.52. The van der Waals surface area contributed by atoms with Crippen molar-refractivity contribution < 1.29 is 14.3 Å². The van der Waals surface area contributed by atoms with Crippen molar-refractivity contribution in [2.45, 2.75) is 44.1 Å². The third-order valence-electron chi connectivity index (χ3n) is 7.10. The number of aliphatic carboxylic acids is 1. The van der Waals surface area contributed by atoms with E-state index in [4.69, 9.17) is 11.6 Å². The lowest BCUT2D eigenvalue weighted by atomic mass is 9.59. The predicted octanol–water partition coefficient (Wildman–Crippen LogP) is 4.56. The Morgan fingerprint density at radius 2 is 2.06 bits per heavy atom. The van der Waals surface area contributed by atoms with E-state index in [-0.39, 0.29) is 33.4 Å². The molecule has 2 fully saturated rings. The first-order valence-corrected chi connectivity index (χ1v) is 12.6. The fourth-order valence-corrected chi connectivity index (χ4v) is 6.38. The standard InChI is InChI=1S/C22H20ClFN8O2S/c23-12-8-26-19-15(28-12)11(7-25-19)17-29-16(20-32-27-9-35-20)14(24)18(30-17)31-22-5-1-3-10(4-2-6-22)13(22)21(33)34/h7-10,13H,1-6H2,(H,25,26)(H,33,34)(H,29,30,31)/t10?,13-,22?/m1/s1. The van der Waals surface area contributed by atoms with E-state index in [9.17, 15) is 9.90 Å². The zero-order valence-corrected chi connectivity index (χ0v) is 19.9. The highest BCUT2D eigenvalue weighted by atomic mass is 35.5. The van der Waals surface area contributed by atoms with Crippen LogP contribution in [0.1, 0.15) is 38.5 Å². The lowest BCUT2D eigenvalue weighted by Crippen LogP contribution is -2.57. The van der Waals surface area contributed by atoms with Crippen LogP contribution in [-0.2, 0) is 4.79 Å². The van der Waals surface area contributed by atoms with Crippen LogP contribution in [0.3, 0.4) is 0 Å². The lowest BCUT2D eigenvalue weighted by molar-refractivity contribution is -0.149.